The van der Waals surface area contributed by atoms with Crippen LogP contribution in [-0.4, -0.2) is 23.2 Å². The zero-order chi connectivity index (χ0) is 15.2. The number of aliphatic hydroxyl groups excluding tert-OH is 1. The number of rotatable bonds is 5. The van der Waals surface area contributed by atoms with E-state index in [2.05, 4.69) is 5.32 Å². The summed E-state index contributed by atoms with van der Waals surface area (Å²) in [6.45, 7) is 0.921. The molecule has 1 aromatic rings. The van der Waals surface area contributed by atoms with Crippen LogP contribution >= 0.6 is 0 Å². The van der Waals surface area contributed by atoms with Crippen molar-refractivity contribution < 1.29 is 10.0 Å². The van der Waals surface area contributed by atoms with Gasteiger partial charge in [-0.25, -0.2) is 0 Å². The average Bonchev–Trinajstić information content (AvgIpc) is 2.52. The van der Waals surface area contributed by atoms with Crippen LogP contribution in [0.2, 0.25) is 0 Å². The first-order chi connectivity index (χ1) is 10.2. The minimum atomic E-state index is -0.550. The molecule has 0 heterocycles. The van der Waals surface area contributed by atoms with E-state index in [4.69, 9.17) is 5.26 Å². The quantitative estimate of drug-likeness (QED) is 0.641. The fraction of sp³-hybridized carbons (Fsp3) is 0.533. The number of hydrogen-bond donors (Lipinski definition) is 2. The highest BCUT2D eigenvalue weighted by atomic mass is 16.6. The lowest BCUT2D eigenvalue weighted by atomic mass is 9.79. The third-order valence-electron chi connectivity index (χ3n) is 4.18. The first kappa shape index (κ1) is 15.3. The molecule has 0 amide bonds. The molecular weight excluding hydrogens is 270 g/mol. The lowest BCUT2D eigenvalue weighted by molar-refractivity contribution is -0.385. The molecule has 2 N–H and O–H groups in total. The fourth-order valence-corrected chi connectivity index (χ4v) is 2.94. The Morgan fingerprint density at radius 1 is 1.38 bits per heavy atom. The molecule has 2 rings (SSSR count). The van der Waals surface area contributed by atoms with Gasteiger partial charge in [0.2, 0.25) is 0 Å². The summed E-state index contributed by atoms with van der Waals surface area (Å²) >= 11 is 0. The van der Waals surface area contributed by atoms with Crippen LogP contribution < -0.4 is 5.32 Å². The van der Waals surface area contributed by atoms with Crippen molar-refractivity contribution in [1.29, 1.82) is 5.26 Å². The summed E-state index contributed by atoms with van der Waals surface area (Å²) < 4.78 is 0. The molecule has 6 nitrogen and oxygen atoms in total. The average molecular weight is 289 g/mol. The van der Waals surface area contributed by atoms with Gasteiger partial charge in [-0.3, -0.25) is 10.1 Å². The van der Waals surface area contributed by atoms with Gasteiger partial charge in [-0.1, -0.05) is 12.8 Å². The number of nitrogens with one attached hydrogen (secondary N) is 1. The Morgan fingerprint density at radius 3 is 2.71 bits per heavy atom. The van der Waals surface area contributed by atoms with Crippen molar-refractivity contribution in [2.45, 2.75) is 25.7 Å². The largest absolute Gasteiger partial charge is 0.396 e. The van der Waals surface area contributed by atoms with E-state index < -0.39 is 4.92 Å². The van der Waals surface area contributed by atoms with E-state index >= 15 is 0 Å². The van der Waals surface area contributed by atoms with Crippen LogP contribution in [0.1, 0.15) is 31.2 Å². The molecule has 0 saturated heterocycles. The highest BCUT2D eigenvalue weighted by Crippen LogP contribution is 2.30. The molecule has 0 aromatic heterocycles. The van der Waals surface area contributed by atoms with Gasteiger partial charge in [0, 0.05) is 24.9 Å². The van der Waals surface area contributed by atoms with Gasteiger partial charge in [0.25, 0.3) is 5.69 Å². The van der Waals surface area contributed by atoms with E-state index in [1.807, 2.05) is 6.07 Å². The van der Waals surface area contributed by atoms with Gasteiger partial charge >= 0.3 is 0 Å². The molecule has 0 radical (unpaired) electrons. The summed E-state index contributed by atoms with van der Waals surface area (Å²) in [5.74, 6) is 0.726. The maximum Gasteiger partial charge on any atom is 0.287 e. The first-order valence-corrected chi connectivity index (χ1v) is 7.19. The minimum Gasteiger partial charge on any atom is -0.396 e. The zero-order valence-corrected chi connectivity index (χ0v) is 11.8. The van der Waals surface area contributed by atoms with Gasteiger partial charge < -0.3 is 10.4 Å². The highest BCUT2D eigenvalue weighted by molar-refractivity contribution is 5.58. The molecule has 1 fully saturated rings. The summed E-state index contributed by atoms with van der Waals surface area (Å²) in [6.07, 6.45) is 4.47. The number of nitrogens with zero attached hydrogens (tertiary/aromatic N) is 2. The molecule has 21 heavy (non-hydrogen) atoms. The summed E-state index contributed by atoms with van der Waals surface area (Å²) in [4.78, 5) is 10.2. The van der Waals surface area contributed by atoms with Gasteiger partial charge in [-0.2, -0.15) is 5.26 Å². The topological polar surface area (TPSA) is 99.2 Å². The second-order valence-corrected chi connectivity index (χ2v) is 5.47. The molecule has 1 aliphatic carbocycles. The highest BCUT2D eigenvalue weighted by Gasteiger charge is 2.24. The Morgan fingerprint density at radius 2 is 2.10 bits per heavy atom. The van der Waals surface area contributed by atoms with Gasteiger partial charge in [0.15, 0.2) is 0 Å². The number of aliphatic hydroxyl groups is 1. The Labute approximate surface area is 123 Å². The van der Waals surface area contributed by atoms with E-state index in [-0.39, 0.29) is 17.9 Å². The Hall–Kier alpha value is -2.13. The Kier molecular flexibility index (Phi) is 5.12. The lowest BCUT2D eigenvalue weighted by Crippen LogP contribution is -2.28. The predicted molar refractivity (Wildman–Crippen MR) is 78.8 cm³/mol. The van der Waals surface area contributed by atoms with Crippen molar-refractivity contribution in [2.24, 2.45) is 11.8 Å². The number of nitro groups is 1. The summed E-state index contributed by atoms with van der Waals surface area (Å²) in [5, 5.41) is 32.4. The molecule has 112 valence electrons. The van der Waals surface area contributed by atoms with E-state index in [1.54, 1.807) is 6.07 Å². The molecule has 2 unspecified atom stereocenters. The normalized spacial score (nSPS) is 21.5. The molecule has 1 saturated carbocycles. The Bertz CT molecular complexity index is 554. The number of anilines is 1. The van der Waals surface area contributed by atoms with Crippen LogP contribution in [0.4, 0.5) is 11.4 Å². The number of nitro benzene ring substituents is 1. The van der Waals surface area contributed by atoms with Crippen molar-refractivity contribution in [2.75, 3.05) is 18.5 Å². The smallest absolute Gasteiger partial charge is 0.287 e. The van der Waals surface area contributed by atoms with Crippen LogP contribution in [0.25, 0.3) is 0 Å². The van der Waals surface area contributed by atoms with Crippen LogP contribution in [0.5, 0.6) is 0 Å². The van der Waals surface area contributed by atoms with Crippen molar-refractivity contribution in [3.05, 3.63) is 33.9 Å². The molecular formula is C15H19N3O3. The van der Waals surface area contributed by atoms with Crippen molar-refractivity contribution in [1.82, 2.24) is 0 Å². The third kappa shape index (κ3) is 3.70. The molecule has 2 atom stereocenters. The third-order valence-corrected chi connectivity index (χ3v) is 4.18. The van der Waals surface area contributed by atoms with Crippen LogP contribution in [-0.2, 0) is 0 Å². The van der Waals surface area contributed by atoms with E-state index in [9.17, 15) is 15.2 Å². The second-order valence-electron chi connectivity index (χ2n) is 5.47. The zero-order valence-electron chi connectivity index (χ0n) is 11.8. The minimum absolute atomic E-state index is 0.0624. The summed E-state index contributed by atoms with van der Waals surface area (Å²) in [5.41, 5.74) is 0.598. The van der Waals surface area contributed by atoms with Crippen molar-refractivity contribution in [3.63, 3.8) is 0 Å². The van der Waals surface area contributed by atoms with Gasteiger partial charge in [-0.15, -0.1) is 0 Å². The monoisotopic (exact) mass is 289 g/mol. The summed E-state index contributed by atoms with van der Waals surface area (Å²) in [7, 11) is 0. The van der Waals surface area contributed by atoms with Crippen molar-refractivity contribution >= 4 is 11.4 Å². The Balaban J connectivity index is 2.03. The molecule has 0 bridgehead atoms. The first-order valence-electron chi connectivity index (χ1n) is 7.19. The van der Waals surface area contributed by atoms with E-state index in [0.717, 1.165) is 19.3 Å². The number of nitriles is 1. The van der Waals surface area contributed by atoms with Crippen molar-refractivity contribution in [3.8, 4) is 6.07 Å². The van der Waals surface area contributed by atoms with Crippen LogP contribution in [0, 0.1) is 33.3 Å². The van der Waals surface area contributed by atoms with Crippen LogP contribution in [0.15, 0.2) is 18.2 Å². The molecule has 6 heteroatoms. The maximum atomic E-state index is 10.8. The molecule has 1 aromatic carbocycles. The molecule has 0 aliphatic heterocycles. The predicted octanol–water partition coefficient (Wildman–Crippen LogP) is 2.68. The number of hydrogen-bond acceptors (Lipinski definition) is 5. The second kappa shape index (κ2) is 7.04. The number of benzene rings is 1. The van der Waals surface area contributed by atoms with Gasteiger partial charge in [-0.05, 0) is 36.8 Å². The molecule has 0 spiro atoms. The van der Waals surface area contributed by atoms with E-state index in [0.29, 0.717) is 24.1 Å². The lowest BCUT2D eigenvalue weighted by Gasteiger charge is -2.30. The SMILES string of the molecule is N#Cc1cc(NCC2CCCCC2CO)ccc1[N+](=O)[O-]. The van der Waals surface area contributed by atoms with Gasteiger partial charge in [0.1, 0.15) is 11.6 Å². The van der Waals surface area contributed by atoms with Gasteiger partial charge in [0.05, 0.1) is 4.92 Å². The maximum absolute atomic E-state index is 10.8. The fourth-order valence-electron chi connectivity index (χ4n) is 2.94. The van der Waals surface area contributed by atoms with Crippen LogP contribution in [0.3, 0.4) is 0 Å². The molecule has 1 aliphatic rings. The summed E-state index contributed by atoms with van der Waals surface area (Å²) in [6, 6.07) is 6.34. The van der Waals surface area contributed by atoms with E-state index in [1.165, 1.54) is 18.6 Å². The standard InChI is InChI=1S/C15H19N3O3/c16-8-13-7-14(5-6-15(13)18(20)21)17-9-11-3-1-2-4-12(11)10-19/h5-7,11-12,17,19H,1-4,9-10H2.